The molecule has 2 bridgehead atoms. The first-order valence-corrected chi connectivity index (χ1v) is 19.7. The highest BCUT2D eigenvalue weighted by Crippen LogP contribution is 2.64. The predicted molar refractivity (Wildman–Crippen MR) is 209 cm³/mol. The van der Waals surface area contributed by atoms with Crippen molar-refractivity contribution in [2.45, 2.75) is 128 Å². The molecule has 0 spiro atoms. The fourth-order valence-corrected chi connectivity index (χ4v) is 9.32. The molecule has 1 aromatic carbocycles. The van der Waals surface area contributed by atoms with Gasteiger partial charge in [-0.1, -0.05) is 31.1 Å². The molecule has 4 N–H and O–H groups in total. The molecule has 2 saturated carbocycles. The van der Waals surface area contributed by atoms with E-state index in [2.05, 4.69) is 10.0 Å². The van der Waals surface area contributed by atoms with Gasteiger partial charge < -0.3 is 53.8 Å². The zero-order valence-electron chi connectivity index (χ0n) is 35.9. The maximum atomic E-state index is 15.5. The van der Waals surface area contributed by atoms with E-state index in [1.54, 1.807) is 0 Å². The van der Waals surface area contributed by atoms with Gasteiger partial charge in [0, 0.05) is 41.9 Å². The zero-order chi connectivity index (χ0) is 47.2. The number of ketones is 1. The highest BCUT2D eigenvalue weighted by atomic mass is 19.3. The van der Waals surface area contributed by atoms with Crippen LogP contribution >= 0.6 is 0 Å². The average Bonchev–Trinajstić information content (AvgIpc) is 3.17. The number of benzene rings is 1. The van der Waals surface area contributed by atoms with E-state index < -0.39 is 131 Å². The predicted octanol–water partition coefficient (Wildman–Crippen LogP) is 4.40. The molecule has 22 heteroatoms. The van der Waals surface area contributed by atoms with Gasteiger partial charge in [0.2, 0.25) is 0 Å². The zero-order valence-corrected chi connectivity index (χ0v) is 35.9. The molecule has 1 aromatic rings. The third-order valence-corrected chi connectivity index (χ3v) is 12.3. The highest BCUT2D eigenvalue weighted by Gasteiger charge is 2.78. The summed E-state index contributed by atoms with van der Waals surface area (Å²) < 4.78 is 66.6. The van der Waals surface area contributed by atoms with E-state index in [0.29, 0.717) is 0 Å². The number of aliphatic hydroxyl groups is 3. The van der Waals surface area contributed by atoms with E-state index in [9.17, 15) is 48.1 Å². The van der Waals surface area contributed by atoms with Gasteiger partial charge in [0.1, 0.15) is 29.5 Å². The van der Waals surface area contributed by atoms with E-state index in [0.717, 1.165) is 20.1 Å². The van der Waals surface area contributed by atoms with Crippen molar-refractivity contribution in [3.8, 4) is 0 Å². The number of hydrogen-bond acceptors (Lipinski definition) is 17. The minimum absolute atomic E-state index is 0.0191. The van der Waals surface area contributed by atoms with Crippen molar-refractivity contribution in [2.75, 3.05) is 13.7 Å². The van der Waals surface area contributed by atoms with E-state index in [1.807, 2.05) is 5.32 Å². The first-order valence-electron chi connectivity index (χ1n) is 19.7. The van der Waals surface area contributed by atoms with Crippen molar-refractivity contribution < 1.29 is 86.0 Å². The molecule has 11 atom stereocenters. The Morgan fingerprint density at radius 3 is 2.33 bits per heavy atom. The van der Waals surface area contributed by atoms with Gasteiger partial charge in [0.15, 0.2) is 23.6 Å². The van der Waals surface area contributed by atoms with Crippen LogP contribution in [0.1, 0.15) is 78.6 Å². The number of azide groups is 1. The normalized spacial score (nSPS) is 31.6. The first kappa shape index (κ1) is 48.4. The molecule has 4 aliphatic rings. The number of ether oxygens (including phenoxy) is 7. The summed E-state index contributed by atoms with van der Waals surface area (Å²) in [5.74, 6) is -6.54. The van der Waals surface area contributed by atoms with Crippen LogP contribution in [-0.2, 0) is 47.5 Å². The third-order valence-electron chi connectivity index (χ3n) is 12.3. The number of rotatable bonds is 10. The van der Waals surface area contributed by atoms with Crippen molar-refractivity contribution in [2.24, 2.45) is 21.9 Å². The maximum absolute atomic E-state index is 15.5. The topological polar surface area (TPSA) is 289 Å². The van der Waals surface area contributed by atoms with Crippen molar-refractivity contribution in [3.05, 3.63) is 63.6 Å². The number of fused-ring (bicyclic) bond motifs is 5. The Kier molecular flexibility index (Phi) is 13.4. The number of alkyl carbamates (subject to hydrolysis) is 1. The minimum atomic E-state index is -2.64. The number of esters is 3. The molecule has 5 rings (SSSR count). The number of nitrogens with one attached hydrogen (secondary N) is 1. The summed E-state index contributed by atoms with van der Waals surface area (Å²) >= 11 is 0. The summed E-state index contributed by atoms with van der Waals surface area (Å²) in [7, 11) is 0.945. The van der Waals surface area contributed by atoms with Crippen LogP contribution in [0.25, 0.3) is 10.4 Å². The number of Topliss-reactive ketones (excluding diaryl/α,β-unsaturated/α-hetero) is 1. The first-order chi connectivity index (χ1) is 29.2. The Bertz CT molecular complexity index is 2170. The van der Waals surface area contributed by atoms with Crippen LogP contribution in [0.4, 0.5) is 24.1 Å². The Labute approximate surface area is 359 Å². The summed E-state index contributed by atoms with van der Waals surface area (Å²) in [6.45, 7) is 10.4. The van der Waals surface area contributed by atoms with Gasteiger partial charge in [-0.25, -0.2) is 19.2 Å². The lowest BCUT2D eigenvalue weighted by Crippen LogP contribution is -2.82. The highest BCUT2D eigenvalue weighted by molar-refractivity contribution is 5.95. The number of carbonyl (C=O) groups excluding carboxylic acids is 6. The number of methoxy groups -OCH3 is 1. The van der Waals surface area contributed by atoms with E-state index >= 15 is 4.79 Å². The summed E-state index contributed by atoms with van der Waals surface area (Å²) in [5, 5.41) is 42.2. The van der Waals surface area contributed by atoms with Gasteiger partial charge in [-0.15, -0.1) is 0 Å². The van der Waals surface area contributed by atoms with Gasteiger partial charge >= 0.3 is 30.2 Å². The standard InChI is InChI=1S/C41H50F2N4O16/c1-18-23(59-34(53)28(50)22(14-26(42)43)45-35(54)63-37(3,4)5)16-41(56)32(61-33(52)20-11-10-12-21(13-20)46-47-44)30-39(8,24(49)15-25-40(30,17-58-25)62-19(2)48)31(51)29(60-36(55)57-9)27(18)38(41,6)7/h10-14,22-25,28-30,32,49-50,56H,15-17H2,1-9H3,(H,45,54)/t22-,23-,24-,25+,28+,29+,30?,32-,39+,40-,41+/m0/s1. The van der Waals surface area contributed by atoms with Crippen molar-refractivity contribution in [1.82, 2.24) is 5.32 Å². The quantitative estimate of drug-likeness (QED) is 0.0632. The Hall–Kier alpha value is -5.67. The van der Waals surface area contributed by atoms with Crippen LogP contribution in [-0.4, -0.2) is 124 Å². The van der Waals surface area contributed by atoms with Crippen molar-refractivity contribution in [1.29, 1.82) is 0 Å². The van der Waals surface area contributed by atoms with Crippen LogP contribution in [0.5, 0.6) is 0 Å². The summed E-state index contributed by atoms with van der Waals surface area (Å²) in [6, 6.07) is 3.04. The molecular weight excluding hydrogens is 842 g/mol. The van der Waals surface area contributed by atoms with Crippen LogP contribution < -0.4 is 5.32 Å². The number of aliphatic hydroxyl groups excluding tert-OH is 2. The molecule has 1 saturated heterocycles. The molecule has 63 heavy (non-hydrogen) atoms. The molecule has 1 aliphatic heterocycles. The molecule has 3 fully saturated rings. The van der Waals surface area contributed by atoms with Gasteiger partial charge in [-0.2, -0.15) is 8.78 Å². The third kappa shape index (κ3) is 8.82. The van der Waals surface area contributed by atoms with Crippen molar-refractivity contribution >= 4 is 41.6 Å². The van der Waals surface area contributed by atoms with Gasteiger partial charge in [-0.3, -0.25) is 9.59 Å². The SMILES string of the molecule is COC(=O)O[C@H]1C(=O)[C@@]2(C)C([C@H](OC(=O)c3cccc(N=[N+]=[N-])c3)[C@]3(O)C[C@H](OC(=O)[C@H](O)[C@H](C=C(F)F)NC(=O)OC(C)(C)C)C(C)=C1C3(C)C)[C@]1(OC(C)=O)CO[C@@H]1C[C@@H]2O. The van der Waals surface area contributed by atoms with E-state index in [4.69, 9.17) is 38.7 Å². The smallest absolute Gasteiger partial charge is 0.456 e. The fourth-order valence-electron chi connectivity index (χ4n) is 9.32. The molecule has 1 amide bonds. The molecule has 1 unspecified atom stereocenters. The number of halogens is 2. The largest absolute Gasteiger partial charge is 0.509 e. The number of nitrogens with zero attached hydrogens (tertiary/aromatic N) is 3. The maximum Gasteiger partial charge on any atom is 0.509 e. The fraction of sp³-hybridized carbons (Fsp3) is 0.610. The second-order valence-corrected chi connectivity index (χ2v) is 17.6. The van der Waals surface area contributed by atoms with Crippen LogP contribution in [0.2, 0.25) is 0 Å². The van der Waals surface area contributed by atoms with E-state index in [1.165, 1.54) is 66.7 Å². The Balaban J connectivity index is 1.76. The van der Waals surface area contributed by atoms with Crippen molar-refractivity contribution in [3.63, 3.8) is 0 Å². The lowest BCUT2D eigenvalue weighted by Gasteiger charge is -2.67. The van der Waals surface area contributed by atoms with Crippen LogP contribution in [0.15, 0.2) is 52.7 Å². The Morgan fingerprint density at radius 2 is 1.78 bits per heavy atom. The summed E-state index contributed by atoms with van der Waals surface area (Å²) in [4.78, 5) is 85.0. The molecule has 0 aromatic heterocycles. The molecule has 1 heterocycles. The number of carbonyl (C=O) groups is 6. The lowest BCUT2D eigenvalue weighted by molar-refractivity contribution is -0.346. The lowest BCUT2D eigenvalue weighted by atomic mass is 9.44. The summed E-state index contributed by atoms with van der Waals surface area (Å²) in [5.41, 5.74) is -1.35. The van der Waals surface area contributed by atoms with Gasteiger partial charge in [0.25, 0.3) is 6.08 Å². The van der Waals surface area contributed by atoms with Crippen LogP contribution in [0, 0.1) is 16.7 Å². The molecule has 0 radical (unpaired) electrons. The Morgan fingerprint density at radius 1 is 1.11 bits per heavy atom. The van der Waals surface area contributed by atoms with Gasteiger partial charge in [0.05, 0.1) is 42.8 Å². The second-order valence-electron chi connectivity index (χ2n) is 17.6. The van der Waals surface area contributed by atoms with E-state index in [-0.39, 0.29) is 34.9 Å². The number of hydrogen-bond donors (Lipinski definition) is 4. The monoisotopic (exact) mass is 892 g/mol. The second kappa shape index (κ2) is 17.5. The van der Waals surface area contributed by atoms with Crippen LogP contribution in [0.3, 0.4) is 0 Å². The minimum Gasteiger partial charge on any atom is -0.456 e. The average molecular weight is 893 g/mol. The summed E-state index contributed by atoms with van der Waals surface area (Å²) in [6.07, 6.45) is -17.5. The van der Waals surface area contributed by atoms with Gasteiger partial charge in [-0.05, 0) is 63.4 Å². The molecule has 344 valence electrons. The number of amides is 1. The molecule has 20 nitrogen and oxygen atoms in total. The molecule has 3 aliphatic carbocycles. The molecular formula is C41H50F2N4O16.